The van der Waals surface area contributed by atoms with Gasteiger partial charge in [0.15, 0.2) is 0 Å². The van der Waals surface area contributed by atoms with Gasteiger partial charge in [0.05, 0.1) is 31.2 Å². The molecule has 154 valence electrons. The van der Waals surface area contributed by atoms with Crippen LogP contribution in [0.15, 0.2) is 18.2 Å². The lowest BCUT2D eigenvalue weighted by Crippen LogP contribution is -2.44. The van der Waals surface area contributed by atoms with Gasteiger partial charge < -0.3 is 24.8 Å². The molecule has 2 amide bonds. The van der Waals surface area contributed by atoms with Gasteiger partial charge in [-0.1, -0.05) is 13.8 Å². The predicted octanol–water partition coefficient (Wildman–Crippen LogP) is 2.06. The highest BCUT2D eigenvalue weighted by molar-refractivity contribution is 6.01. The van der Waals surface area contributed by atoms with Crippen LogP contribution >= 0.6 is 0 Å². The minimum atomic E-state index is -0.989. The number of amides is 2. The van der Waals surface area contributed by atoms with Crippen molar-refractivity contribution in [3.8, 4) is 11.5 Å². The molecule has 1 heterocycles. The molecule has 1 saturated heterocycles. The fourth-order valence-electron chi connectivity index (χ4n) is 3.40. The molecule has 0 saturated carbocycles. The number of anilines is 1. The summed E-state index contributed by atoms with van der Waals surface area (Å²) in [5.41, 5.74) is -0.414. The van der Waals surface area contributed by atoms with Gasteiger partial charge >= 0.3 is 5.97 Å². The number of carbonyl (C=O) groups excluding carboxylic acids is 2. The molecule has 1 fully saturated rings. The van der Waals surface area contributed by atoms with Crippen LogP contribution < -0.4 is 19.7 Å². The average molecular weight is 392 g/mol. The zero-order valence-corrected chi connectivity index (χ0v) is 16.8. The molecule has 0 spiro atoms. The normalized spacial score (nSPS) is 16.8. The third-order valence-electron chi connectivity index (χ3n) is 5.58. The second kappa shape index (κ2) is 8.95. The lowest BCUT2D eigenvalue weighted by molar-refractivity contribution is -0.149. The van der Waals surface area contributed by atoms with E-state index in [1.807, 2.05) is 0 Å². The van der Waals surface area contributed by atoms with Gasteiger partial charge in [0.25, 0.3) is 0 Å². The van der Waals surface area contributed by atoms with E-state index in [1.165, 1.54) is 12.0 Å². The Morgan fingerprint density at radius 2 is 1.93 bits per heavy atom. The maximum absolute atomic E-state index is 12.6. The number of carboxylic acid groups (broad SMARTS) is 1. The van der Waals surface area contributed by atoms with Gasteiger partial charge in [-0.3, -0.25) is 14.4 Å². The van der Waals surface area contributed by atoms with E-state index in [4.69, 9.17) is 9.47 Å². The minimum absolute atomic E-state index is 0.0463. The van der Waals surface area contributed by atoms with Crippen LogP contribution in [-0.2, 0) is 14.4 Å². The highest BCUT2D eigenvalue weighted by Crippen LogP contribution is 2.36. The van der Waals surface area contributed by atoms with Crippen molar-refractivity contribution in [3.05, 3.63) is 18.2 Å². The van der Waals surface area contributed by atoms with E-state index in [2.05, 4.69) is 5.32 Å². The number of aliphatic carboxylic acids is 1. The Bertz CT molecular complexity index is 744. The van der Waals surface area contributed by atoms with Crippen LogP contribution in [0.2, 0.25) is 0 Å². The highest BCUT2D eigenvalue weighted by atomic mass is 16.5. The van der Waals surface area contributed by atoms with Crippen molar-refractivity contribution in [3.63, 3.8) is 0 Å². The molecule has 8 nitrogen and oxygen atoms in total. The lowest BCUT2D eigenvalue weighted by atomic mass is 9.82. The maximum Gasteiger partial charge on any atom is 0.311 e. The van der Waals surface area contributed by atoms with Crippen LogP contribution in [0.1, 0.15) is 33.1 Å². The summed E-state index contributed by atoms with van der Waals surface area (Å²) in [4.78, 5) is 38.2. The van der Waals surface area contributed by atoms with Crippen LogP contribution in [0.4, 0.5) is 5.69 Å². The van der Waals surface area contributed by atoms with Gasteiger partial charge in [0.2, 0.25) is 11.8 Å². The fourth-order valence-corrected chi connectivity index (χ4v) is 3.40. The number of rotatable bonds is 9. The number of benzene rings is 1. The van der Waals surface area contributed by atoms with Gasteiger partial charge in [0, 0.05) is 25.6 Å². The number of ether oxygens (including phenoxy) is 2. The van der Waals surface area contributed by atoms with Crippen molar-refractivity contribution < 1.29 is 29.0 Å². The Kier molecular flexibility index (Phi) is 6.88. The monoisotopic (exact) mass is 392 g/mol. The van der Waals surface area contributed by atoms with Crippen LogP contribution in [0, 0.1) is 11.3 Å². The topological polar surface area (TPSA) is 105 Å². The Hall–Kier alpha value is -2.77. The standard InChI is InChI=1S/C20H28N2O6/c1-5-20(6-2,19(25)26)12-21-18(24)13-9-17(23)22(11-13)15-8-7-14(27-3)10-16(15)28-4/h7-8,10,13H,5-6,9,11-12H2,1-4H3,(H,21,24)(H,25,26). The molecular formula is C20H28N2O6. The Morgan fingerprint density at radius 3 is 2.46 bits per heavy atom. The second-order valence-corrected chi connectivity index (χ2v) is 6.95. The van der Waals surface area contributed by atoms with Gasteiger partial charge in [-0.15, -0.1) is 0 Å². The quantitative estimate of drug-likeness (QED) is 0.666. The molecule has 2 N–H and O–H groups in total. The van der Waals surface area contributed by atoms with Crippen LogP contribution in [0.5, 0.6) is 11.5 Å². The number of carboxylic acids is 1. The average Bonchev–Trinajstić information content (AvgIpc) is 3.09. The fraction of sp³-hybridized carbons (Fsp3) is 0.550. The summed E-state index contributed by atoms with van der Waals surface area (Å²) in [7, 11) is 3.05. The van der Waals surface area contributed by atoms with Crippen molar-refractivity contribution in [1.29, 1.82) is 0 Å². The summed E-state index contributed by atoms with van der Waals surface area (Å²) in [5.74, 6) is -0.874. The van der Waals surface area contributed by atoms with Crippen LogP contribution in [0.25, 0.3) is 0 Å². The van der Waals surface area contributed by atoms with Gasteiger partial charge in [-0.05, 0) is 25.0 Å². The number of hydrogen-bond donors (Lipinski definition) is 2. The molecule has 1 atom stereocenters. The third-order valence-corrected chi connectivity index (χ3v) is 5.58. The summed E-state index contributed by atoms with van der Waals surface area (Å²) >= 11 is 0. The Labute approximate surface area is 164 Å². The summed E-state index contributed by atoms with van der Waals surface area (Å²) in [5, 5.41) is 12.2. The molecule has 0 aromatic heterocycles. The third kappa shape index (κ3) is 4.21. The Balaban J connectivity index is 2.10. The first kappa shape index (κ1) is 21.5. The number of nitrogens with one attached hydrogen (secondary N) is 1. The van der Waals surface area contributed by atoms with Crippen molar-refractivity contribution in [1.82, 2.24) is 5.32 Å². The first-order chi connectivity index (χ1) is 13.3. The summed E-state index contributed by atoms with van der Waals surface area (Å²) in [6.07, 6.45) is 0.898. The molecule has 2 rings (SSSR count). The predicted molar refractivity (Wildman–Crippen MR) is 104 cm³/mol. The number of nitrogens with zero attached hydrogens (tertiary/aromatic N) is 1. The van der Waals surface area contributed by atoms with Crippen molar-refractivity contribution >= 4 is 23.5 Å². The van der Waals surface area contributed by atoms with Crippen molar-refractivity contribution in [2.75, 3.05) is 32.2 Å². The summed E-state index contributed by atoms with van der Waals surface area (Å²) in [6.45, 7) is 3.84. The molecule has 0 bridgehead atoms. The molecule has 8 heteroatoms. The highest BCUT2D eigenvalue weighted by Gasteiger charge is 2.39. The number of hydrogen-bond acceptors (Lipinski definition) is 5. The van der Waals surface area contributed by atoms with E-state index in [9.17, 15) is 19.5 Å². The van der Waals surface area contributed by atoms with E-state index in [1.54, 1.807) is 39.2 Å². The van der Waals surface area contributed by atoms with Gasteiger partial charge in [-0.2, -0.15) is 0 Å². The molecule has 0 radical (unpaired) electrons. The van der Waals surface area contributed by atoms with Gasteiger partial charge in [0.1, 0.15) is 11.5 Å². The largest absolute Gasteiger partial charge is 0.497 e. The van der Waals surface area contributed by atoms with Crippen LogP contribution in [-0.4, -0.2) is 50.2 Å². The van der Waals surface area contributed by atoms with Crippen molar-refractivity contribution in [2.24, 2.45) is 11.3 Å². The van der Waals surface area contributed by atoms with Crippen LogP contribution in [0.3, 0.4) is 0 Å². The van der Waals surface area contributed by atoms with E-state index < -0.39 is 17.3 Å². The lowest BCUT2D eigenvalue weighted by Gasteiger charge is -2.27. The summed E-state index contributed by atoms with van der Waals surface area (Å²) in [6, 6.07) is 5.13. The molecular weight excluding hydrogens is 364 g/mol. The van der Waals surface area contributed by atoms with E-state index in [-0.39, 0.29) is 31.3 Å². The first-order valence-electron chi connectivity index (χ1n) is 9.35. The van der Waals surface area contributed by atoms with Crippen molar-refractivity contribution in [2.45, 2.75) is 33.1 Å². The maximum atomic E-state index is 12.6. The zero-order valence-electron chi connectivity index (χ0n) is 16.8. The second-order valence-electron chi connectivity index (χ2n) is 6.95. The zero-order chi connectivity index (χ0) is 20.9. The van der Waals surface area contributed by atoms with E-state index >= 15 is 0 Å². The number of methoxy groups -OCH3 is 2. The molecule has 0 aliphatic carbocycles. The molecule has 1 aromatic carbocycles. The Morgan fingerprint density at radius 1 is 1.25 bits per heavy atom. The molecule has 28 heavy (non-hydrogen) atoms. The molecule has 1 aliphatic heterocycles. The molecule has 1 aromatic rings. The first-order valence-corrected chi connectivity index (χ1v) is 9.35. The van der Waals surface area contributed by atoms with E-state index in [0.29, 0.717) is 30.0 Å². The smallest absolute Gasteiger partial charge is 0.311 e. The summed E-state index contributed by atoms with van der Waals surface area (Å²) < 4.78 is 10.5. The minimum Gasteiger partial charge on any atom is -0.497 e. The SMILES string of the molecule is CCC(CC)(CNC(=O)C1CC(=O)N(c2ccc(OC)cc2OC)C1)C(=O)O. The van der Waals surface area contributed by atoms with Gasteiger partial charge in [-0.25, -0.2) is 0 Å². The number of carbonyl (C=O) groups is 3. The molecule has 1 aliphatic rings. The van der Waals surface area contributed by atoms with E-state index in [0.717, 1.165) is 0 Å². The molecule has 1 unspecified atom stereocenters.